The lowest BCUT2D eigenvalue weighted by Crippen LogP contribution is -2.11. The minimum atomic E-state index is 0.289. The van der Waals surface area contributed by atoms with E-state index in [1.54, 1.807) is 6.07 Å². The molecule has 0 amide bonds. The standard InChI is InChI=1S/C18H18ClNO2/c1-11-17(12-4-6-13(19)7-5-12)18-14(10-20(2)3)15(21)8-9-16(18)22-11/h4-9,21H,10H2,1-3H3. The van der Waals surface area contributed by atoms with E-state index in [2.05, 4.69) is 0 Å². The highest BCUT2D eigenvalue weighted by atomic mass is 35.5. The van der Waals surface area contributed by atoms with E-state index >= 15 is 0 Å². The van der Waals surface area contributed by atoms with Crippen LogP contribution in [0.5, 0.6) is 5.75 Å². The molecule has 1 N–H and O–H groups in total. The molecule has 1 aromatic heterocycles. The van der Waals surface area contributed by atoms with Crippen molar-refractivity contribution in [1.29, 1.82) is 0 Å². The lowest BCUT2D eigenvalue weighted by molar-refractivity contribution is 0.388. The molecule has 0 saturated carbocycles. The third-order valence-corrected chi connectivity index (χ3v) is 3.97. The average molecular weight is 316 g/mol. The molecule has 0 spiro atoms. The summed E-state index contributed by atoms with van der Waals surface area (Å²) >= 11 is 5.99. The molecule has 0 unspecified atom stereocenters. The number of rotatable bonds is 3. The molecule has 114 valence electrons. The second-order valence-corrected chi connectivity index (χ2v) is 6.15. The molecule has 0 atom stereocenters. The number of hydrogen-bond acceptors (Lipinski definition) is 3. The van der Waals surface area contributed by atoms with Gasteiger partial charge in [-0.05, 0) is 50.8 Å². The van der Waals surface area contributed by atoms with E-state index in [4.69, 9.17) is 16.0 Å². The Bertz CT molecular complexity index is 819. The van der Waals surface area contributed by atoms with Gasteiger partial charge in [-0.1, -0.05) is 23.7 Å². The summed E-state index contributed by atoms with van der Waals surface area (Å²) in [7, 11) is 3.96. The Morgan fingerprint density at radius 2 is 1.77 bits per heavy atom. The number of fused-ring (bicyclic) bond motifs is 1. The van der Waals surface area contributed by atoms with Gasteiger partial charge in [-0.15, -0.1) is 0 Å². The van der Waals surface area contributed by atoms with Gasteiger partial charge < -0.3 is 14.4 Å². The van der Waals surface area contributed by atoms with Gasteiger partial charge in [0.15, 0.2) is 0 Å². The number of halogens is 1. The summed E-state index contributed by atoms with van der Waals surface area (Å²) in [6.07, 6.45) is 0. The third kappa shape index (κ3) is 2.58. The Labute approximate surface area is 134 Å². The SMILES string of the molecule is Cc1oc2ccc(O)c(CN(C)C)c2c1-c1ccc(Cl)cc1. The molecule has 0 aliphatic rings. The summed E-state index contributed by atoms with van der Waals surface area (Å²) in [6, 6.07) is 11.2. The first kappa shape index (κ1) is 14.9. The summed E-state index contributed by atoms with van der Waals surface area (Å²) in [6.45, 7) is 2.59. The summed E-state index contributed by atoms with van der Waals surface area (Å²) < 4.78 is 5.90. The number of furan rings is 1. The molecule has 3 aromatic rings. The third-order valence-electron chi connectivity index (χ3n) is 3.72. The van der Waals surface area contributed by atoms with Crippen molar-refractivity contribution in [2.24, 2.45) is 0 Å². The molecule has 0 saturated heterocycles. The number of aromatic hydroxyl groups is 1. The normalized spacial score (nSPS) is 11.5. The van der Waals surface area contributed by atoms with E-state index in [1.165, 1.54) is 0 Å². The first-order valence-corrected chi connectivity index (χ1v) is 7.50. The summed E-state index contributed by atoms with van der Waals surface area (Å²) in [5.74, 6) is 1.13. The number of phenolic OH excluding ortho intramolecular Hbond substituents is 1. The zero-order valence-corrected chi connectivity index (χ0v) is 13.6. The highest BCUT2D eigenvalue weighted by molar-refractivity contribution is 6.30. The van der Waals surface area contributed by atoms with Crippen molar-refractivity contribution in [3.63, 3.8) is 0 Å². The van der Waals surface area contributed by atoms with E-state index in [1.807, 2.05) is 56.3 Å². The largest absolute Gasteiger partial charge is 0.508 e. The number of nitrogens with zero attached hydrogens (tertiary/aromatic N) is 1. The van der Waals surface area contributed by atoms with Gasteiger partial charge in [-0.3, -0.25) is 0 Å². The topological polar surface area (TPSA) is 36.6 Å². The van der Waals surface area contributed by atoms with Gasteiger partial charge in [0.1, 0.15) is 17.1 Å². The minimum absolute atomic E-state index is 0.289. The lowest BCUT2D eigenvalue weighted by atomic mass is 9.98. The zero-order valence-electron chi connectivity index (χ0n) is 12.9. The van der Waals surface area contributed by atoms with Crippen molar-refractivity contribution in [2.75, 3.05) is 14.1 Å². The molecule has 0 aliphatic carbocycles. The van der Waals surface area contributed by atoms with E-state index < -0.39 is 0 Å². The molecule has 3 nitrogen and oxygen atoms in total. The molecule has 0 fully saturated rings. The van der Waals surface area contributed by atoms with Crippen molar-refractivity contribution in [2.45, 2.75) is 13.5 Å². The highest BCUT2D eigenvalue weighted by Crippen LogP contribution is 2.40. The van der Waals surface area contributed by atoms with Crippen LogP contribution in [0.2, 0.25) is 5.02 Å². The fraction of sp³-hybridized carbons (Fsp3) is 0.222. The van der Waals surface area contributed by atoms with Crippen LogP contribution in [0.4, 0.5) is 0 Å². The maximum Gasteiger partial charge on any atom is 0.135 e. The Kier molecular flexibility index (Phi) is 3.85. The van der Waals surface area contributed by atoms with Crippen LogP contribution in [-0.2, 0) is 6.54 Å². The van der Waals surface area contributed by atoms with Crippen molar-refractivity contribution >= 4 is 22.6 Å². The molecule has 1 heterocycles. The summed E-state index contributed by atoms with van der Waals surface area (Å²) in [4.78, 5) is 2.03. The van der Waals surface area contributed by atoms with Gasteiger partial charge in [0.05, 0.1) is 0 Å². The predicted octanol–water partition coefficient (Wildman–Crippen LogP) is 4.83. The van der Waals surface area contributed by atoms with Gasteiger partial charge in [0, 0.05) is 28.1 Å². The molecule has 0 bridgehead atoms. The fourth-order valence-corrected chi connectivity index (χ4v) is 2.93. The van der Waals surface area contributed by atoms with Crippen LogP contribution < -0.4 is 0 Å². The van der Waals surface area contributed by atoms with Gasteiger partial charge in [-0.2, -0.15) is 0 Å². The van der Waals surface area contributed by atoms with Crippen LogP contribution in [0.1, 0.15) is 11.3 Å². The van der Waals surface area contributed by atoms with E-state index in [-0.39, 0.29) is 5.75 Å². The first-order valence-electron chi connectivity index (χ1n) is 7.12. The van der Waals surface area contributed by atoms with Gasteiger partial charge in [-0.25, -0.2) is 0 Å². The maximum atomic E-state index is 10.3. The van der Waals surface area contributed by atoms with Crippen LogP contribution in [0.25, 0.3) is 22.1 Å². The van der Waals surface area contributed by atoms with Gasteiger partial charge in [0.25, 0.3) is 0 Å². The van der Waals surface area contributed by atoms with Crippen molar-refractivity contribution < 1.29 is 9.52 Å². The number of hydrogen-bond donors (Lipinski definition) is 1. The quantitative estimate of drug-likeness (QED) is 0.752. The van der Waals surface area contributed by atoms with E-state index in [0.717, 1.165) is 33.4 Å². The molecule has 0 radical (unpaired) electrons. The maximum absolute atomic E-state index is 10.3. The van der Waals surface area contributed by atoms with E-state index in [9.17, 15) is 5.11 Å². The predicted molar refractivity (Wildman–Crippen MR) is 90.5 cm³/mol. The van der Waals surface area contributed by atoms with Gasteiger partial charge in [0.2, 0.25) is 0 Å². The Morgan fingerprint density at radius 1 is 1.09 bits per heavy atom. The Morgan fingerprint density at radius 3 is 2.41 bits per heavy atom. The van der Waals surface area contributed by atoms with Crippen molar-refractivity contribution in [1.82, 2.24) is 4.90 Å². The van der Waals surface area contributed by atoms with Crippen LogP contribution in [0.3, 0.4) is 0 Å². The highest BCUT2D eigenvalue weighted by Gasteiger charge is 2.19. The zero-order chi connectivity index (χ0) is 15.9. The number of aryl methyl sites for hydroxylation is 1. The Balaban J connectivity index is 2.31. The lowest BCUT2D eigenvalue weighted by Gasteiger charge is -2.13. The van der Waals surface area contributed by atoms with Crippen molar-refractivity contribution in [3.05, 3.63) is 52.7 Å². The number of benzene rings is 2. The smallest absolute Gasteiger partial charge is 0.135 e. The average Bonchev–Trinajstić information content (AvgIpc) is 2.79. The molecule has 3 rings (SSSR count). The van der Waals surface area contributed by atoms with E-state index in [0.29, 0.717) is 11.6 Å². The van der Waals surface area contributed by atoms with Crippen molar-refractivity contribution in [3.8, 4) is 16.9 Å². The monoisotopic (exact) mass is 315 g/mol. The molecule has 2 aromatic carbocycles. The molecular weight excluding hydrogens is 298 g/mol. The Hall–Kier alpha value is -1.97. The van der Waals surface area contributed by atoms with Crippen LogP contribution in [0, 0.1) is 6.92 Å². The fourth-order valence-electron chi connectivity index (χ4n) is 2.81. The minimum Gasteiger partial charge on any atom is -0.508 e. The summed E-state index contributed by atoms with van der Waals surface area (Å²) in [5, 5.41) is 12.0. The molecule has 22 heavy (non-hydrogen) atoms. The van der Waals surface area contributed by atoms with Crippen LogP contribution in [-0.4, -0.2) is 24.1 Å². The van der Waals surface area contributed by atoms with Gasteiger partial charge >= 0.3 is 0 Å². The molecule has 0 aliphatic heterocycles. The van der Waals surface area contributed by atoms with Crippen LogP contribution >= 0.6 is 11.6 Å². The first-order chi connectivity index (χ1) is 10.5. The second kappa shape index (κ2) is 5.67. The second-order valence-electron chi connectivity index (χ2n) is 5.71. The molecular formula is C18H18ClNO2. The summed E-state index contributed by atoms with van der Waals surface area (Å²) in [5.41, 5.74) is 3.71. The van der Waals surface area contributed by atoms with Crippen LogP contribution in [0.15, 0.2) is 40.8 Å². The number of phenols is 1. The molecule has 4 heteroatoms.